The Balaban J connectivity index is 3.61. The van der Waals surface area contributed by atoms with Gasteiger partial charge in [0.2, 0.25) is 41.4 Å². The predicted octanol–water partition coefficient (Wildman–Crippen LogP) is -1.15. The number of rotatable bonds is 15. The molecule has 1 fully saturated rings. The van der Waals surface area contributed by atoms with Gasteiger partial charge in [0.15, 0.2) is 0 Å². The number of aliphatic carboxylic acids is 1. The molecular weight excluding hydrogens is 945 g/mol. The Labute approximate surface area is 402 Å². The molecule has 27 heteroatoms. The van der Waals surface area contributed by atoms with Crippen LogP contribution in [-0.2, 0) is 47.8 Å². The topological polar surface area (TPSA) is 295 Å². The van der Waals surface area contributed by atoms with Crippen LogP contribution in [0.2, 0.25) is 0 Å². The van der Waals surface area contributed by atoms with Gasteiger partial charge in [0.25, 0.3) is 0 Å². The predicted molar refractivity (Wildman–Crippen MR) is 255 cm³/mol. The van der Waals surface area contributed by atoms with Crippen LogP contribution in [-0.4, -0.2) is 229 Å². The minimum atomic E-state index is -1.49. The lowest BCUT2D eigenvalue weighted by Crippen LogP contribution is -2.60. The molecule has 0 aliphatic carbocycles. The second-order valence-corrected chi connectivity index (χ2v) is 21.3. The number of carboxylic acids is 1. The van der Waals surface area contributed by atoms with Crippen molar-refractivity contribution >= 4 is 105 Å². The maximum absolute atomic E-state index is 14.5. The summed E-state index contributed by atoms with van der Waals surface area (Å²) in [7, 11) is 9.57. The third-order valence-corrected chi connectivity index (χ3v) is 13.1. The molecule has 1 heterocycles. The van der Waals surface area contributed by atoms with Gasteiger partial charge in [-0.05, 0) is 61.1 Å². The molecule has 0 spiro atoms. The highest BCUT2D eigenvalue weighted by Crippen LogP contribution is 2.26. The molecule has 1 saturated heterocycles. The largest absolute Gasteiger partial charge is 0.480 e. The molecule has 0 saturated carbocycles. The zero-order valence-electron chi connectivity index (χ0n) is 39.9. The van der Waals surface area contributed by atoms with Crippen molar-refractivity contribution in [1.29, 1.82) is 0 Å². The molecule has 0 aromatic heterocycles. The summed E-state index contributed by atoms with van der Waals surface area (Å²) < 4.78 is 10.6. The maximum Gasteiger partial charge on any atom is 0.408 e. The van der Waals surface area contributed by atoms with E-state index in [9.17, 15) is 47.9 Å². The fourth-order valence-corrected chi connectivity index (χ4v) is 9.66. The van der Waals surface area contributed by atoms with Crippen LogP contribution in [0.3, 0.4) is 0 Å². The van der Waals surface area contributed by atoms with Crippen LogP contribution in [0.5, 0.6) is 0 Å². The zero-order valence-corrected chi connectivity index (χ0v) is 43.2. The van der Waals surface area contributed by atoms with Gasteiger partial charge in [-0.1, -0.05) is 21.6 Å². The van der Waals surface area contributed by atoms with Crippen LogP contribution in [0.4, 0.5) is 9.59 Å². The monoisotopic (exact) mass is 1010 g/mol. The number of ether oxygens (including phenoxy) is 2. The third kappa shape index (κ3) is 20.7. The van der Waals surface area contributed by atoms with Crippen molar-refractivity contribution < 1.29 is 62.5 Å². The SMILES string of the molecule is CN[C@H]1CSSC[C@@H](C(=O)N(C)[C@@H](CSC)C(=O)NC[C@@H](NC(=O)OC(C)(C)C)C(=O)NCC(=O)O)N(C)C(=O)CNC(=O)[C@H](NC(=O)OC(C)(C)C)CN(C)C(=O)[C@H](CSC)N(C)C1=O. The molecular formula is C39H68N10O13S4. The first-order chi connectivity index (χ1) is 30.6. The molecule has 1 aliphatic heterocycles. The van der Waals surface area contributed by atoms with E-state index >= 15 is 0 Å². The summed E-state index contributed by atoms with van der Waals surface area (Å²) in [4.78, 5) is 138. The van der Waals surface area contributed by atoms with Gasteiger partial charge in [-0.25, -0.2) is 9.59 Å². The molecule has 23 nitrogen and oxygen atoms in total. The number of carbonyl (C=O) groups excluding carboxylic acids is 9. The lowest BCUT2D eigenvalue weighted by atomic mass is 10.1. The quantitative estimate of drug-likeness (QED) is 0.0954. The summed E-state index contributed by atoms with van der Waals surface area (Å²) in [6, 6.07) is -7.15. The van der Waals surface area contributed by atoms with E-state index in [0.29, 0.717) is 0 Å². The molecule has 66 heavy (non-hydrogen) atoms. The Hall–Kier alpha value is -4.34. The number of hydrogen-bond donors (Lipinski definition) is 7. The van der Waals surface area contributed by atoms with Crippen molar-refractivity contribution in [1.82, 2.24) is 51.5 Å². The second-order valence-electron chi connectivity index (χ2n) is 17.0. The Kier molecular flexibility index (Phi) is 25.4. The Morgan fingerprint density at radius 2 is 1.44 bits per heavy atom. The van der Waals surface area contributed by atoms with Gasteiger partial charge in [0.05, 0.1) is 12.6 Å². The summed E-state index contributed by atoms with van der Waals surface area (Å²) in [5.74, 6) is -5.90. The molecule has 0 aromatic carbocycles. The number of hydrogen-bond acceptors (Lipinski definition) is 17. The lowest BCUT2D eigenvalue weighted by Gasteiger charge is -2.35. The highest BCUT2D eigenvalue weighted by atomic mass is 33.1. The molecule has 0 radical (unpaired) electrons. The maximum atomic E-state index is 14.5. The van der Waals surface area contributed by atoms with Crippen molar-refractivity contribution in [3.05, 3.63) is 0 Å². The first-order valence-electron chi connectivity index (χ1n) is 20.6. The van der Waals surface area contributed by atoms with E-state index in [1.54, 1.807) is 61.1 Å². The molecule has 7 N–H and O–H groups in total. The fraction of sp³-hybridized carbons (Fsp3) is 0.744. The molecule has 1 aliphatic rings. The number of carboxylic acid groups (broad SMARTS) is 1. The molecule has 0 unspecified atom stereocenters. The van der Waals surface area contributed by atoms with Crippen LogP contribution in [0.15, 0.2) is 0 Å². The van der Waals surface area contributed by atoms with E-state index in [4.69, 9.17) is 14.6 Å². The van der Waals surface area contributed by atoms with Gasteiger partial charge >= 0.3 is 18.2 Å². The van der Waals surface area contributed by atoms with Crippen LogP contribution in [0.1, 0.15) is 41.5 Å². The number of alkyl carbamates (subject to hydrolysis) is 2. The normalized spacial score (nSPS) is 20.7. The van der Waals surface area contributed by atoms with Crippen molar-refractivity contribution in [2.75, 3.05) is 96.9 Å². The summed E-state index contributed by atoms with van der Waals surface area (Å²) in [5, 5.41) is 24.0. The smallest absolute Gasteiger partial charge is 0.408 e. The van der Waals surface area contributed by atoms with Crippen molar-refractivity contribution in [3.8, 4) is 0 Å². The van der Waals surface area contributed by atoms with Gasteiger partial charge in [0.1, 0.15) is 48.0 Å². The average Bonchev–Trinajstić information content (AvgIpc) is 3.22. The number of carbonyl (C=O) groups is 10. The van der Waals surface area contributed by atoms with E-state index in [-0.39, 0.29) is 29.6 Å². The highest BCUT2D eigenvalue weighted by Gasteiger charge is 2.38. The van der Waals surface area contributed by atoms with Gasteiger partial charge in [0, 0.05) is 64.3 Å². The van der Waals surface area contributed by atoms with Crippen LogP contribution in [0.25, 0.3) is 0 Å². The van der Waals surface area contributed by atoms with E-state index < -0.39 is 127 Å². The molecule has 6 atom stereocenters. The zero-order chi connectivity index (χ0) is 50.7. The van der Waals surface area contributed by atoms with E-state index in [1.165, 1.54) is 72.3 Å². The van der Waals surface area contributed by atoms with Gasteiger partial charge < -0.3 is 66.1 Å². The third-order valence-electron chi connectivity index (χ3n) is 9.36. The van der Waals surface area contributed by atoms with Gasteiger partial charge in [-0.3, -0.25) is 38.4 Å². The highest BCUT2D eigenvalue weighted by molar-refractivity contribution is 8.76. The van der Waals surface area contributed by atoms with Crippen LogP contribution < -0.4 is 31.9 Å². The fourth-order valence-electron chi connectivity index (χ4n) is 5.78. The summed E-state index contributed by atoms with van der Waals surface area (Å²) >= 11 is 2.54. The minimum absolute atomic E-state index is 0.0335. The molecule has 0 aromatic rings. The Morgan fingerprint density at radius 1 is 0.848 bits per heavy atom. The molecule has 376 valence electrons. The molecule has 0 bridgehead atoms. The summed E-state index contributed by atoms with van der Waals surface area (Å²) in [6.45, 7) is 7.30. The number of nitrogens with one attached hydrogen (secondary N) is 6. The van der Waals surface area contributed by atoms with E-state index in [1.807, 2.05) is 0 Å². The van der Waals surface area contributed by atoms with Gasteiger partial charge in [-0.15, -0.1) is 0 Å². The van der Waals surface area contributed by atoms with Crippen molar-refractivity contribution in [2.24, 2.45) is 0 Å². The Bertz CT molecular complexity index is 1740. The standard InChI is InChI=1S/C39H68N10O13S4/c1-38(2,3)61-36(59)44-22(30(53)43-16-29(51)52)14-41-32(55)25(19-63-12)48(10)35(58)27-21-66-65-18-24(40-7)33(56)49(11)26(20-64-13)34(57)46(8)17-23(45-37(60)62-39(4,5)6)31(54)42-15-28(50)47(27)9/h22-27,40H,14-21H2,1-13H3,(H,41,55)(H,42,54)(H,43,53)(H,44,59)(H,45,60)(H,51,52)/t22-,23-,24+,25+,26+,27+/m1/s1. The Morgan fingerprint density at radius 3 is 1.98 bits per heavy atom. The number of likely N-dealkylation sites (N-methyl/N-ethyl adjacent to an activating group) is 5. The van der Waals surface area contributed by atoms with Crippen molar-refractivity contribution in [3.63, 3.8) is 0 Å². The second kappa shape index (κ2) is 28.1. The number of thioether (sulfide) groups is 2. The van der Waals surface area contributed by atoms with Crippen LogP contribution >= 0.6 is 45.1 Å². The number of nitrogens with zero attached hydrogens (tertiary/aromatic N) is 4. The van der Waals surface area contributed by atoms with E-state index in [2.05, 4.69) is 31.9 Å². The molecule has 1 rings (SSSR count). The average molecular weight is 1010 g/mol. The number of amides is 9. The minimum Gasteiger partial charge on any atom is -0.480 e. The van der Waals surface area contributed by atoms with Gasteiger partial charge in [-0.2, -0.15) is 23.5 Å². The lowest BCUT2D eigenvalue weighted by molar-refractivity contribution is -0.146. The first kappa shape index (κ1) is 59.7. The first-order valence-corrected chi connectivity index (χ1v) is 25.8. The van der Waals surface area contributed by atoms with Crippen LogP contribution in [0, 0.1) is 0 Å². The molecule has 9 amide bonds. The van der Waals surface area contributed by atoms with Crippen molar-refractivity contribution in [2.45, 2.75) is 89.0 Å². The summed E-state index contributed by atoms with van der Waals surface area (Å²) in [6.07, 6.45) is 1.47. The summed E-state index contributed by atoms with van der Waals surface area (Å²) in [5.41, 5.74) is -1.91. The van der Waals surface area contributed by atoms with E-state index in [0.717, 1.165) is 20.6 Å².